The molecular weight excluding hydrogens is 218 g/mol. The Morgan fingerprint density at radius 2 is 2.18 bits per heavy atom. The lowest BCUT2D eigenvalue weighted by atomic mass is 9.95. The molecule has 0 amide bonds. The van der Waals surface area contributed by atoms with Crippen LogP contribution in [0.25, 0.3) is 0 Å². The van der Waals surface area contributed by atoms with E-state index in [1.807, 2.05) is 7.05 Å². The number of nitrogens with one attached hydrogen (secondary N) is 1. The lowest BCUT2D eigenvalue weighted by Crippen LogP contribution is -2.53. The monoisotopic (exact) mass is 243 g/mol. The van der Waals surface area contributed by atoms with Gasteiger partial charge in [0.1, 0.15) is 0 Å². The maximum absolute atomic E-state index is 9.55. The predicted octanol–water partition coefficient (Wildman–Crippen LogP) is 0.933. The molecule has 0 bridgehead atoms. The highest BCUT2D eigenvalue weighted by atomic mass is 16.5. The molecule has 1 saturated heterocycles. The predicted molar refractivity (Wildman–Crippen MR) is 66.0 cm³/mol. The van der Waals surface area contributed by atoms with Crippen LogP contribution < -0.4 is 5.32 Å². The average molecular weight is 243 g/mol. The Balaban J connectivity index is 1.71. The topological polar surface area (TPSA) is 50.7 Å². The summed E-state index contributed by atoms with van der Waals surface area (Å²) in [5, 5.41) is 12.8. The minimum Gasteiger partial charge on any atom is -0.394 e. The molecule has 2 N–H and O–H groups in total. The maximum Gasteiger partial charge on any atom is 0.0808 e. The number of hydrogen-bond acceptors (Lipinski definition) is 4. The highest BCUT2D eigenvalue weighted by Crippen LogP contribution is 2.39. The van der Waals surface area contributed by atoms with Crippen molar-refractivity contribution in [3.05, 3.63) is 0 Å². The normalized spacial score (nSPS) is 28.9. The summed E-state index contributed by atoms with van der Waals surface area (Å²) < 4.78 is 11.4. The minimum absolute atomic E-state index is 0.152. The summed E-state index contributed by atoms with van der Waals surface area (Å²) in [4.78, 5) is 0. The Kier molecular flexibility index (Phi) is 4.79. The van der Waals surface area contributed by atoms with Gasteiger partial charge in [-0.25, -0.2) is 0 Å². The fraction of sp³-hybridized carbons (Fsp3) is 1.00. The molecule has 4 nitrogen and oxygen atoms in total. The summed E-state index contributed by atoms with van der Waals surface area (Å²) in [6.45, 7) is 2.27. The van der Waals surface area contributed by atoms with E-state index in [-0.39, 0.29) is 18.2 Å². The molecule has 0 aromatic carbocycles. The summed E-state index contributed by atoms with van der Waals surface area (Å²) in [7, 11) is 1.91. The van der Waals surface area contributed by atoms with Crippen molar-refractivity contribution in [2.45, 2.75) is 43.7 Å². The van der Waals surface area contributed by atoms with Crippen LogP contribution in [0.2, 0.25) is 0 Å². The van der Waals surface area contributed by atoms with Gasteiger partial charge in [0.2, 0.25) is 0 Å². The van der Waals surface area contributed by atoms with Gasteiger partial charge in [0.15, 0.2) is 0 Å². The molecule has 0 spiro atoms. The minimum atomic E-state index is -0.228. The van der Waals surface area contributed by atoms with Gasteiger partial charge < -0.3 is 19.9 Å². The van der Waals surface area contributed by atoms with Crippen LogP contribution in [0.3, 0.4) is 0 Å². The standard InChI is InChI=1S/C13H25NO3/c1-14-13(9-15,11-5-6-11)10-16-8-12-4-2-3-7-17-12/h11-12,14-15H,2-10H2,1H3. The van der Waals surface area contributed by atoms with E-state index in [2.05, 4.69) is 5.32 Å². The zero-order valence-corrected chi connectivity index (χ0v) is 10.8. The van der Waals surface area contributed by atoms with Crippen molar-refractivity contribution >= 4 is 0 Å². The van der Waals surface area contributed by atoms with Crippen molar-refractivity contribution in [1.82, 2.24) is 5.32 Å². The molecule has 1 aliphatic heterocycles. The Labute approximate surface area is 104 Å². The third kappa shape index (κ3) is 3.41. The quantitative estimate of drug-likeness (QED) is 0.698. The second kappa shape index (κ2) is 6.14. The van der Waals surface area contributed by atoms with Crippen LogP contribution in [0.1, 0.15) is 32.1 Å². The zero-order valence-electron chi connectivity index (χ0n) is 10.8. The molecule has 17 heavy (non-hydrogen) atoms. The van der Waals surface area contributed by atoms with Gasteiger partial charge in [-0.2, -0.15) is 0 Å². The van der Waals surface area contributed by atoms with Crippen LogP contribution in [0.5, 0.6) is 0 Å². The van der Waals surface area contributed by atoms with E-state index in [0.29, 0.717) is 19.1 Å². The summed E-state index contributed by atoms with van der Waals surface area (Å²) >= 11 is 0. The zero-order chi connectivity index (χ0) is 12.1. The van der Waals surface area contributed by atoms with Crippen LogP contribution in [-0.2, 0) is 9.47 Å². The first-order chi connectivity index (χ1) is 8.30. The second-order valence-electron chi connectivity index (χ2n) is 5.34. The van der Waals surface area contributed by atoms with Gasteiger partial charge in [-0.15, -0.1) is 0 Å². The lowest BCUT2D eigenvalue weighted by molar-refractivity contribution is -0.0594. The number of ether oxygens (including phenoxy) is 2. The van der Waals surface area contributed by atoms with Gasteiger partial charge in [-0.05, 0) is 45.1 Å². The van der Waals surface area contributed by atoms with Gasteiger partial charge in [0.05, 0.1) is 31.5 Å². The highest BCUT2D eigenvalue weighted by Gasteiger charge is 2.44. The third-order valence-corrected chi connectivity index (χ3v) is 4.08. The summed E-state index contributed by atoms with van der Waals surface area (Å²) in [5.41, 5.74) is -0.228. The van der Waals surface area contributed by atoms with E-state index in [1.54, 1.807) is 0 Å². The van der Waals surface area contributed by atoms with Gasteiger partial charge in [-0.3, -0.25) is 0 Å². The molecule has 1 heterocycles. The highest BCUT2D eigenvalue weighted by molar-refractivity contribution is 5.00. The van der Waals surface area contributed by atoms with Crippen LogP contribution in [-0.4, -0.2) is 50.2 Å². The molecule has 2 aliphatic rings. The van der Waals surface area contributed by atoms with E-state index < -0.39 is 0 Å². The van der Waals surface area contributed by atoms with E-state index in [1.165, 1.54) is 25.7 Å². The Morgan fingerprint density at radius 3 is 2.71 bits per heavy atom. The van der Waals surface area contributed by atoms with E-state index >= 15 is 0 Å². The molecule has 1 aliphatic carbocycles. The molecule has 2 atom stereocenters. The third-order valence-electron chi connectivity index (χ3n) is 4.08. The summed E-state index contributed by atoms with van der Waals surface area (Å²) in [5.74, 6) is 0.574. The van der Waals surface area contributed by atoms with E-state index in [9.17, 15) is 5.11 Å². The number of aliphatic hydroxyl groups excluding tert-OH is 1. The van der Waals surface area contributed by atoms with Crippen LogP contribution in [0.4, 0.5) is 0 Å². The van der Waals surface area contributed by atoms with Crippen molar-refractivity contribution < 1.29 is 14.6 Å². The van der Waals surface area contributed by atoms with E-state index in [0.717, 1.165) is 13.0 Å². The van der Waals surface area contributed by atoms with Crippen molar-refractivity contribution in [2.75, 3.05) is 33.5 Å². The molecular formula is C13H25NO3. The van der Waals surface area contributed by atoms with Crippen molar-refractivity contribution in [1.29, 1.82) is 0 Å². The lowest BCUT2D eigenvalue weighted by Gasteiger charge is -2.32. The Morgan fingerprint density at radius 1 is 1.35 bits per heavy atom. The summed E-state index contributed by atoms with van der Waals surface area (Å²) in [6, 6.07) is 0. The Hall–Kier alpha value is -0.160. The average Bonchev–Trinajstić information content (AvgIpc) is 3.21. The number of likely N-dealkylation sites (N-methyl/N-ethyl adjacent to an activating group) is 1. The molecule has 0 radical (unpaired) electrons. The molecule has 0 aromatic heterocycles. The number of aliphatic hydroxyl groups is 1. The first-order valence-electron chi connectivity index (χ1n) is 6.80. The number of rotatable bonds is 7. The molecule has 4 heteroatoms. The molecule has 1 saturated carbocycles. The first kappa shape index (κ1) is 13.3. The number of hydrogen-bond donors (Lipinski definition) is 2. The van der Waals surface area contributed by atoms with Crippen molar-refractivity contribution in [2.24, 2.45) is 5.92 Å². The van der Waals surface area contributed by atoms with Gasteiger partial charge >= 0.3 is 0 Å². The second-order valence-corrected chi connectivity index (χ2v) is 5.34. The van der Waals surface area contributed by atoms with Crippen LogP contribution in [0, 0.1) is 5.92 Å². The largest absolute Gasteiger partial charge is 0.394 e. The fourth-order valence-electron chi connectivity index (χ4n) is 2.60. The first-order valence-corrected chi connectivity index (χ1v) is 6.80. The molecule has 2 unspecified atom stereocenters. The van der Waals surface area contributed by atoms with E-state index in [4.69, 9.17) is 9.47 Å². The molecule has 2 fully saturated rings. The van der Waals surface area contributed by atoms with Crippen LogP contribution >= 0.6 is 0 Å². The maximum atomic E-state index is 9.55. The molecule has 0 aromatic rings. The van der Waals surface area contributed by atoms with Crippen molar-refractivity contribution in [3.8, 4) is 0 Å². The van der Waals surface area contributed by atoms with Crippen LogP contribution in [0.15, 0.2) is 0 Å². The molecule has 100 valence electrons. The SMILES string of the molecule is CNC(CO)(COCC1CCCCO1)C1CC1. The van der Waals surface area contributed by atoms with Crippen molar-refractivity contribution in [3.63, 3.8) is 0 Å². The summed E-state index contributed by atoms with van der Waals surface area (Å²) in [6.07, 6.45) is 6.18. The smallest absolute Gasteiger partial charge is 0.0808 e. The van der Waals surface area contributed by atoms with Gasteiger partial charge in [0.25, 0.3) is 0 Å². The van der Waals surface area contributed by atoms with Gasteiger partial charge in [-0.1, -0.05) is 0 Å². The van der Waals surface area contributed by atoms with Gasteiger partial charge in [0, 0.05) is 6.61 Å². The Bertz CT molecular complexity index is 221. The molecule has 2 rings (SSSR count). The fourth-order valence-corrected chi connectivity index (χ4v) is 2.60.